The van der Waals surface area contributed by atoms with Gasteiger partial charge in [-0.3, -0.25) is 0 Å². The van der Waals surface area contributed by atoms with Crippen LogP contribution in [0.15, 0.2) is 18.2 Å². The van der Waals surface area contributed by atoms with Crippen LogP contribution in [0, 0.1) is 0 Å². The Bertz CT molecular complexity index is 699. The summed E-state index contributed by atoms with van der Waals surface area (Å²) < 4.78 is 11.3. The molecule has 3 rings (SSSR count). The maximum atomic E-state index is 6.07. The predicted octanol–water partition coefficient (Wildman–Crippen LogP) is 6.85. The van der Waals surface area contributed by atoms with E-state index >= 15 is 0 Å². The van der Waals surface area contributed by atoms with E-state index in [2.05, 4.69) is 0 Å². The Labute approximate surface area is 133 Å². The summed E-state index contributed by atoms with van der Waals surface area (Å²) in [5.41, 5.74) is 0. The molecule has 19 heavy (non-hydrogen) atoms. The summed E-state index contributed by atoms with van der Waals surface area (Å²) in [6, 6.07) is 4.71. The quantitative estimate of drug-likeness (QED) is 0.410. The lowest BCUT2D eigenvalue weighted by Gasteiger charge is -2.23. The minimum atomic E-state index is 0.197. The maximum Gasteiger partial charge on any atom is 0.191 e. The van der Waals surface area contributed by atoms with Crippen LogP contribution in [-0.2, 0) is 0 Å². The molecule has 1 aliphatic rings. The number of halogens is 5. The Balaban J connectivity index is 2.23. The molecule has 0 saturated heterocycles. The first-order valence-electron chi connectivity index (χ1n) is 5.00. The molecule has 0 unspecified atom stereocenters. The topological polar surface area (TPSA) is 18.5 Å². The third-order valence-electron chi connectivity index (χ3n) is 2.52. The van der Waals surface area contributed by atoms with Gasteiger partial charge in [0, 0.05) is 0 Å². The molecule has 1 aliphatic heterocycles. The van der Waals surface area contributed by atoms with Gasteiger partial charge in [0.2, 0.25) is 0 Å². The lowest BCUT2D eigenvalue weighted by Crippen LogP contribution is -2.01. The minimum Gasteiger partial charge on any atom is -0.448 e. The van der Waals surface area contributed by atoms with Crippen molar-refractivity contribution in [3.8, 4) is 23.0 Å². The summed E-state index contributed by atoms with van der Waals surface area (Å²) in [4.78, 5) is 0. The number of ether oxygens (including phenoxy) is 2. The zero-order chi connectivity index (χ0) is 13.7. The minimum absolute atomic E-state index is 0.197. The molecule has 0 aliphatic carbocycles. The van der Waals surface area contributed by atoms with Crippen molar-refractivity contribution in [2.24, 2.45) is 0 Å². The highest BCUT2D eigenvalue weighted by atomic mass is 35.5. The van der Waals surface area contributed by atoms with Crippen molar-refractivity contribution in [1.82, 2.24) is 0 Å². The van der Waals surface area contributed by atoms with Crippen LogP contribution in [0.4, 0.5) is 0 Å². The molecular formula is C12H3Cl5O2. The number of hydrogen-bond acceptors (Lipinski definition) is 2. The van der Waals surface area contributed by atoms with Gasteiger partial charge >= 0.3 is 0 Å². The summed E-state index contributed by atoms with van der Waals surface area (Å²) >= 11 is 30.0. The molecule has 0 radical (unpaired) electrons. The van der Waals surface area contributed by atoms with Gasteiger partial charge in [0.25, 0.3) is 0 Å². The average Bonchev–Trinajstić information content (AvgIpc) is 2.39. The fourth-order valence-corrected chi connectivity index (χ4v) is 2.65. The zero-order valence-corrected chi connectivity index (χ0v) is 12.7. The third-order valence-corrected chi connectivity index (χ3v) is 4.35. The van der Waals surface area contributed by atoms with Crippen molar-refractivity contribution in [2.75, 3.05) is 0 Å². The first-order valence-corrected chi connectivity index (χ1v) is 6.89. The highest BCUT2D eigenvalue weighted by Gasteiger charge is 2.28. The highest BCUT2D eigenvalue weighted by molar-refractivity contribution is 6.45. The fraction of sp³-hybridized carbons (Fsp3) is 0. The fourth-order valence-electron chi connectivity index (χ4n) is 1.64. The van der Waals surface area contributed by atoms with Crippen LogP contribution in [0.1, 0.15) is 0 Å². The van der Waals surface area contributed by atoms with Crippen molar-refractivity contribution in [1.29, 1.82) is 0 Å². The number of benzene rings is 2. The molecule has 1 heterocycles. The van der Waals surface area contributed by atoms with E-state index in [9.17, 15) is 0 Å². The van der Waals surface area contributed by atoms with Gasteiger partial charge < -0.3 is 9.47 Å². The van der Waals surface area contributed by atoms with Crippen molar-refractivity contribution in [2.45, 2.75) is 0 Å². The van der Waals surface area contributed by atoms with Crippen molar-refractivity contribution < 1.29 is 9.47 Å². The molecule has 0 fully saturated rings. The second-order valence-corrected chi connectivity index (χ2v) is 5.68. The van der Waals surface area contributed by atoms with Crippen LogP contribution < -0.4 is 9.47 Å². The standard InChI is InChI=1S/C12H3Cl5O2/c13-4-1-2-7-11(8(4)16)19-12-9(17)5(14)3-6(15)10(12)18-7/h1-3H. The van der Waals surface area contributed by atoms with E-state index in [-0.39, 0.29) is 26.6 Å². The summed E-state index contributed by atoms with van der Waals surface area (Å²) in [6.07, 6.45) is 0. The predicted molar refractivity (Wildman–Crippen MR) is 78.1 cm³/mol. The lowest BCUT2D eigenvalue weighted by atomic mass is 10.2. The Morgan fingerprint density at radius 3 is 2.05 bits per heavy atom. The molecule has 98 valence electrons. The molecule has 0 aromatic heterocycles. The molecule has 2 aromatic carbocycles. The van der Waals surface area contributed by atoms with E-state index in [4.69, 9.17) is 67.5 Å². The van der Waals surface area contributed by atoms with Crippen molar-refractivity contribution >= 4 is 58.0 Å². The molecule has 0 amide bonds. The van der Waals surface area contributed by atoms with Crippen LogP contribution in [0.3, 0.4) is 0 Å². The summed E-state index contributed by atoms with van der Waals surface area (Å²) in [7, 11) is 0. The Morgan fingerprint density at radius 2 is 1.32 bits per heavy atom. The van der Waals surface area contributed by atoms with Gasteiger partial charge in [0.05, 0.1) is 15.1 Å². The summed E-state index contributed by atoms with van der Waals surface area (Å²) in [6.45, 7) is 0. The number of hydrogen-bond donors (Lipinski definition) is 0. The van der Waals surface area contributed by atoms with Crippen molar-refractivity contribution in [3.05, 3.63) is 43.3 Å². The molecule has 0 atom stereocenters. The summed E-state index contributed by atoms with van der Waals surface area (Å²) in [5, 5.41) is 1.33. The molecule has 0 bridgehead atoms. The average molecular weight is 356 g/mol. The first-order chi connectivity index (χ1) is 8.99. The normalized spacial score (nSPS) is 12.3. The van der Waals surface area contributed by atoms with E-state index in [1.54, 1.807) is 12.1 Å². The smallest absolute Gasteiger partial charge is 0.191 e. The maximum absolute atomic E-state index is 6.07. The van der Waals surface area contributed by atoms with Gasteiger partial charge in [-0.05, 0) is 18.2 Å². The van der Waals surface area contributed by atoms with Gasteiger partial charge in [-0.15, -0.1) is 0 Å². The van der Waals surface area contributed by atoms with Gasteiger partial charge in [-0.25, -0.2) is 0 Å². The van der Waals surface area contributed by atoms with Crippen LogP contribution in [0.2, 0.25) is 25.1 Å². The SMILES string of the molecule is Clc1ccc2c(c1Cl)Oc1c(Cl)c(Cl)cc(Cl)c1O2. The Kier molecular flexibility index (Phi) is 3.40. The molecule has 7 heteroatoms. The van der Waals surface area contributed by atoms with Gasteiger partial charge in [-0.1, -0.05) is 58.0 Å². The number of rotatable bonds is 0. The molecule has 2 aromatic rings. The summed E-state index contributed by atoms with van der Waals surface area (Å²) in [5.74, 6) is 1.20. The monoisotopic (exact) mass is 354 g/mol. The largest absolute Gasteiger partial charge is 0.448 e. The van der Waals surface area contributed by atoms with E-state index in [0.29, 0.717) is 21.5 Å². The van der Waals surface area contributed by atoms with Gasteiger partial charge in [0.1, 0.15) is 10.0 Å². The zero-order valence-electron chi connectivity index (χ0n) is 8.94. The van der Waals surface area contributed by atoms with E-state index in [1.807, 2.05) is 0 Å². The third kappa shape index (κ3) is 2.12. The van der Waals surface area contributed by atoms with Crippen LogP contribution in [0.5, 0.6) is 23.0 Å². The second kappa shape index (κ2) is 4.80. The van der Waals surface area contributed by atoms with Gasteiger partial charge in [-0.2, -0.15) is 0 Å². The molecule has 2 nitrogen and oxygen atoms in total. The highest BCUT2D eigenvalue weighted by Crippen LogP contribution is 2.56. The Hall–Kier alpha value is -0.510. The number of fused-ring (bicyclic) bond motifs is 2. The van der Waals surface area contributed by atoms with E-state index in [1.165, 1.54) is 6.07 Å². The molecule has 0 saturated carbocycles. The Morgan fingerprint density at radius 1 is 0.632 bits per heavy atom. The van der Waals surface area contributed by atoms with E-state index in [0.717, 1.165) is 0 Å². The van der Waals surface area contributed by atoms with Crippen LogP contribution in [0.25, 0.3) is 0 Å². The lowest BCUT2D eigenvalue weighted by molar-refractivity contribution is 0.360. The molecular weight excluding hydrogens is 353 g/mol. The van der Waals surface area contributed by atoms with Crippen molar-refractivity contribution in [3.63, 3.8) is 0 Å². The first kappa shape index (κ1) is 13.5. The van der Waals surface area contributed by atoms with E-state index < -0.39 is 0 Å². The molecule has 0 N–H and O–H groups in total. The van der Waals surface area contributed by atoms with Gasteiger partial charge in [0.15, 0.2) is 23.0 Å². The second-order valence-electron chi connectivity index (χ2n) is 3.71. The van der Waals surface area contributed by atoms with Crippen LogP contribution in [-0.4, -0.2) is 0 Å². The molecule has 0 spiro atoms. The van der Waals surface area contributed by atoms with Crippen LogP contribution >= 0.6 is 58.0 Å².